The molecular weight excluding hydrogens is 507 g/mol. The van der Waals surface area contributed by atoms with Crippen molar-refractivity contribution in [2.45, 2.75) is 43.9 Å². The van der Waals surface area contributed by atoms with E-state index in [9.17, 15) is 0 Å². The van der Waals surface area contributed by atoms with Crippen molar-refractivity contribution in [2.75, 3.05) is 6.54 Å². The zero-order valence-corrected chi connectivity index (χ0v) is 21.5. The van der Waals surface area contributed by atoms with Gasteiger partial charge in [-0.15, -0.1) is 11.3 Å². The molecule has 1 saturated heterocycles. The maximum Gasteiger partial charge on any atom is 0.212 e. The molecule has 0 radical (unpaired) electrons. The van der Waals surface area contributed by atoms with Crippen LogP contribution >= 0.6 is 22.9 Å². The summed E-state index contributed by atoms with van der Waals surface area (Å²) in [6.07, 6.45) is 6.29. The molecule has 2 aromatic carbocycles. The highest BCUT2D eigenvalue weighted by atomic mass is 35.5. The molecule has 1 unspecified atom stereocenters. The normalized spacial score (nSPS) is 20.7. The van der Waals surface area contributed by atoms with Gasteiger partial charge in [0.1, 0.15) is 17.4 Å². The van der Waals surface area contributed by atoms with Crippen molar-refractivity contribution in [2.24, 2.45) is 0 Å². The summed E-state index contributed by atoms with van der Waals surface area (Å²) in [7, 11) is 0. The van der Waals surface area contributed by atoms with Crippen LogP contribution in [-0.4, -0.2) is 21.1 Å². The molecule has 2 fully saturated rings. The van der Waals surface area contributed by atoms with Gasteiger partial charge in [-0.05, 0) is 80.6 Å². The van der Waals surface area contributed by atoms with Gasteiger partial charge < -0.3 is 15.0 Å². The lowest BCUT2D eigenvalue weighted by atomic mass is 10.1. The van der Waals surface area contributed by atoms with E-state index < -0.39 is 0 Å². The molecule has 3 aromatic heterocycles. The van der Waals surface area contributed by atoms with Gasteiger partial charge in [0.25, 0.3) is 0 Å². The molecular formula is C29H24ClFN4OS. The summed E-state index contributed by atoms with van der Waals surface area (Å²) in [5.74, 6) is 1.75. The Kier molecular flexibility index (Phi) is 4.85. The van der Waals surface area contributed by atoms with E-state index in [0.717, 1.165) is 51.5 Å². The maximum absolute atomic E-state index is 15.3. The smallest absolute Gasteiger partial charge is 0.212 e. The lowest BCUT2D eigenvalue weighted by Crippen LogP contribution is -2.21. The highest BCUT2D eigenvalue weighted by Crippen LogP contribution is 2.49. The molecule has 8 heteroatoms. The molecule has 1 saturated carbocycles. The first-order valence-electron chi connectivity index (χ1n) is 12.8. The fourth-order valence-electron chi connectivity index (χ4n) is 5.77. The van der Waals surface area contributed by atoms with Gasteiger partial charge in [-0.2, -0.15) is 0 Å². The van der Waals surface area contributed by atoms with Gasteiger partial charge in [-0.25, -0.2) is 9.37 Å². The van der Waals surface area contributed by atoms with E-state index in [2.05, 4.69) is 56.3 Å². The highest BCUT2D eigenvalue weighted by Gasteiger charge is 2.34. The second-order valence-corrected chi connectivity index (χ2v) is 11.8. The molecule has 37 heavy (non-hydrogen) atoms. The SMILES string of the molecule is Fc1cc(Cl)cc2c1-c1cc3cc(-c4cnc([C@H]5CCCN5)[nH]4)ccc3n1C(c1ccc(C3CC3)s1)O2. The minimum absolute atomic E-state index is 0.287. The standard InChI is InChI=1S/C29H24ClFN4OS/c30-18-12-19(31)27-23-11-17-10-16(21-14-33-28(34-21)20-2-1-9-32-20)5-6-22(17)35(23)29(36-24(27)13-18)26-8-7-25(37-26)15-3-4-15/h5-8,10-15,20,29,32H,1-4,9H2,(H,33,34)/t20-,29?/m1/s1. The molecule has 0 bridgehead atoms. The van der Waals surface area contributed by atoms with Crippen LogP contribution in [0.25, 0.3) is 33.4 Å². The van der Waals surface area contributed by atoms with E-state index in [-0.39, 0.29) is 18.1 Å². The second kappa shape index (κ2) is 8.18. The minimum Gasteiger partial charge on any atom is -0.464 e. The number of benzene rings is 2. The lowest BCUT2D eigenvalue weighted by molar-refractivity contribution is 0.176. The number of H-pyrrole nitrogens is 1. The van der Waals surface area contributed by atoms with Crippen molar-refractivity contribution in [1.82, 2.24) is 19.9 Å². The summed E-state index contributed by atoms with van der Waals surface area (Å²) < 4.78 is 23.9. The maximum atomic E-state index is 15.3. The Morgan fingerprint density at radius 3 is 2.78 bits per heavy atom. The van der Waals surface area contributed by atoms with Crippen LogP contribution < -0.4 is 10.1 Å². The quantitative estimate of drug-likeness (QED) is 0.249. The molecule has 5 aromatic rings. The van der Waals surface area contributed by atoms with Gasteiger partial charge in [0.2, 0.25) is 6.23 Å². The van der Waals surface area contributed by atoms with Gasteiger partial charge in [0.15, 0.2) is 0 Å². The van der Waals surface area contributed by atoms with Crippen LogP contribution in [0.3, 0.4) is 0 Å². The Morgan fingerprint density at radius 2 is 1.95 bits per heavy atom. The van der Waals surface area contributed by atoms with Crippen LogP contribution in [0.4, 0.5) is 4.39 Å². The van der Waals surface area contributed by atoms with Gasteiger partial charge in [-0.1, -0.05) is 17.7 Å². The zero-order chi connectivity index (χ0) is 24.7. The predicted octanol–water partition coefficient (Wildman–Crippen LogP) is 7.79. The van der Waals surface area contributed by atoms with E-state index in [1.807, 2.05) is 6.20 Å². The summed E-state index contributed by atoms with van der Waals surface area (Å²) in [6.45, 7) is 1.03. The third kappa shape index (κ3) is 3.55. The Hall–Kier alpha value is -3.13. The van der Waals surface area contributed by atoms with Crippen molar-refractivity contribution in [3.8, 4) is 28.3 Å². The molecule has 2 N–H and O–H groups in total. The first-order valence-corrected chi connectivity index (χ1v) is 14.0. The Bertz CT molecular complexity index is 1680. The van der Waals surface area contributed by atoms with Crippen molar-refractivity contribution < 1.29 is 9.13 Å². The number of aromatic nitrogens is 3. The number of nitrogens with one attached hydrogen (secondary N) is 2. The number of ether oxygens (including phenoxy) is 1. The van der Waals surface area contributed by atoms with E-state index in [4.69, 9.17) is 16.3 Å². The fourth-order valence-corrected chi connectivity index (χ4v) is 7.16. The monoisotopic (exact) mass is 530 g/mol. The van der Waals surface area contributed by atoms with Crippen LogP contribution in [0, 0.1) is 5.82 Å². The molecule has 2 aliphatic heterocycles. The van der Waals surface area contributed by atoms with Gasteiger partial charge >= 0.3 is 0 Å². The molecule has 5 nitrogen and oxygen atoms in total. The van der Waals surface area contributed by atoms with Gasteiger partial charge in [-0.3, -0.25) is 4.57 Å². The van der Waals surface area contributed by atoms with Crippen LogP contribution in [0.1, 0.15) is 59.4 Å². The number of nitrogens with zero attached hydrogens (tertiary/aromatic N) is 2. The van der Waals surface area contributed by atoms with Crippen LogP contribution in [0.5, 0.6) is 5.75 Å². The summed E-state index contributed by atoms with van der Waals surface area (Å²) in [4.78, 5) is 10.6. The number of aromatic amines is 1. The first kappa shape index (κ1) is 21.9. The number of rotatable bonds is 4. The lowest BCUT2D eigenvalue weighted by Gasteiger charge is -2.29. The fraction of sp³-hybridized carbons (Fsp3) is 0.276. The van der Waals surface area contributed by atoms with Crippen molar-refractivity contribution >= 4 is 33.8 Å². The Balaban J connectivity index is 1.27. The first-order chi connectivity index (χ1) is 18.1. The number of hydrogen-bond donors (Lipinski definition) is 2. The van der Waals surface area contributed by atoms with Crippen LogP contribution in [0.2, 0.25) is 5.02 Å². The topological polar surface area (TPSA) is 54.9 Å². The van der Waals surface area contributed by atoms with Gasteiger partial charge in [0, 0.05) is 20.8 Å². The number of hydrogen-bond acceptors (Lipinski definition) is 4. The number of thiophene rings is 1. The molecule has 5 heterocycles. The van der Waals surface area contributed by atoms with E-state index >= 15 is 4.39 Å². The van der Waals surface area contributed by atoms with Crippen LogP contribution in [-0.2, 0) is 0 Å². The average Bonchev–Trinajstić information content (AvgIpc) is 3.36. The minimum atomic E-state index is -0.381. The van der Waals surface area contributed by atoms with E-state index in [1.165, 1.54) is 30.2 Å². The zero-order valence-electron chi connectivity index (χ0n) is 19.9. The summed E-state index contributed by atoms with van der Waals surface area (Å²) in [5, 5.41) is 4.85. The van der Waals surface area contributed by atoms with E-state index in [0.29, 0.717) is 22.3 Å². The average molecular weight is 531 g/mol. The molecule has 0 spiro atoms. The van der Waals surface area contributed by atoms with Crippen molar-refractivity contribution in [3.63, 3.8) is 0 Å². The number of imidazole rings is 1. The molecule has 186 valence electrons. The predicted molar refractivity (Wildman–Crippen MR) is 145 cm³/mol. The largest absolute Gasteiger partial charge is 0.464 e. The Morgan fingerprint density at radius 1 is 1.05 bits per heavy atom. The molecule has 3 aliphatic rings. The highest BCUT2D eigenvalue weighted by molar-refractivity contribution is 7.12. The number of halogens is 2. The number of fused-ring (bicyclic) bond motifs is 5. The third-order valence-corrected chi connectivity index (χ3v) is 9.25. The molecule has 0 amide bonds. The summed E-state index contributed by atoms with van der Waals surface area (Å²) in [5.41, 5.74) is 4.28. The van der Waals surface area contributed by atoms with Crippen molar-refractivity contribution in [3.05, 3.63) is 81.1 Å². The third-order valence-electron chi connectivity index (χ3n) is 7.75. The van der Waals surface area contributed by atoms with Crippen molar-refractivity contribution in [1.29, 1.82) is 0 Å². The van der Waals surface area contributed by atoms with E-state index in [1.54, 1.807) is 17.4 Å². The van der Waals surface area contributed by atoms with Crippen LogP contribution in [0.15, 0.2) is 54.7 Å². The summed E-state index contributed by atoms with van der Waals surface area (Å²) in [6, 6.07) is 16.2. The molecule has 2 atom stereocenters. The molecule has 1 aliphatic carbocycles. The summed E-state index contributed by atoms with van der Waals surface area (Å²) >= 11 is 8.03. The Labute approximate surface area is 222 Å². The second-order valence-electron chi connectivity index (χ2n) is 10.2. The molecule has 8 rings (SSSR count). The van der Waals surface area contributed by atoms with Gasteiger partial charge in [0.05, 0.1) is 39.6 Å².